The second kappa shape index (κ2) is 5.99. The van der Waals surface area contributed by atoms with Crippen molar-refractivity contribution >= 4 is 12.0 Å². The Kier molecular flexibility index (Phi) is 5.02. The molecule has 116 valence electrons. The van der Waals surface area contributed by atoms with Crippen molar-refractivity contribution < 1.29 is 14.7 Å². The van der Waals surface area contributed by atoms with Crippen molar-refractivity contribution in [1.82, 2.24) is 15.1 Å². The maximum atomic E-state index is 12.1. The molecule has 0 aromatic carbocycles. The summed E-state index contributed by atoms with van der Waals surface area (Å²) in [5, 5.41) is 12.0. The molecule has 20 heavy (non-hydrogen) atoms. The van der Waals surface area contributed by atoms with Crippen LogP contribution in [0.25, 0.3) is 0 Å². The van der Waals surface area contributed by atoms with Crippen LogP contribution in [0.3, 0.4) is 0 Å². The SMILES string of the molecule is CN1CCC(C)(CNC(=O)N(C)C(C)(C)C(=O)O)CC1. The molecule has 0 saturated carbocycles. The highest BCUT2D eigenvalue weighted by Crippen LogP contribution is 2.29. The molecule has 2 amide bonds. The van der Waals surface area contributed by atoms with Crippen molar-refractivity contribution in [2.24, 2.45) is 5.41 Å². The Bertz CT molecular complexity index is 374. The molecule has 0 bridgehead atoms. The molecule has 2 N–H and O–H groups in total. The van der Waals surface area contributed by atoms with Crippen LogP contribution < -0.4 is 5.32 Å². The standard InChI is InChI=1S/C14H27N3O3/c1-13(2,11(18)19)17(5)12(20)15-10-14(3)6-8-16(4)9-7-14/h6-10H2,1-5H3,(H,15,20)(H,18,19). The minimum Gasteiger partial charge on any atom is -0.480 e. The lowest BCUT2D eigenvalue weighted by Gasteiger charge is -2.39. The van der Waals surface area contributed by atoms with Gasteiger partial charge in [0.25, 0.3) is 0 Å². The number of carbonyl (C=O) groups is 2. The zero-order valence-electron chi connectivity index (χ0n) is 13.2. The van der Waals surface area contributed by atoms with Gasteiger partial charge in [-0.3, -0.25) is 0 Å². The summed E-state index contributed by atoms with van der Waals surface area (Å²) >= 11 is 0. The Morgan fingerprint density at radius 2 is 1.85 bits per heavy atom. The van der Waals surface area contributed by atoms with Crippen LogP contribution in [0.1, 0.15) is 33.6 Å². The Morgan fingerprint density at radius 1 is 1.35 bits per heavy atom. The molecule has 1 heterocycles. The van der Waals surface area contributed by atoms with Gasteiger partial charge in [-0.15, -0.1) is 0 Å². The van der Waals surface area contributed by atoms with Gasteiger partial charge in [-0.2, -0.15) is 0 Å². The van der Waals surface area contributed by atoms with E-state index in [2.05, 4.69) is 24.2 Å². The molecular weight excluding hydrogens is 258 g/mol. The van der Waals surface area contributed by atoms with Crippen LogP contribution in [0.2, 0.25) is 0 Å². The third-order valence-corrected chi connectivity index (χ3v) is 4.53. The molecule has 0 aliphatic carbocycles. The fraction of sp³-hybridized carbons (Fsp3) is 0.857. The van der Waals surface area contributed by atoms with Crippen molar-refractivity contribution in [3.63, 3.8) is 0 Å². The minimum atomic E-state index is -1.21. The average Bonchev–Trinajstić information content (AvgIpc) is 2.39. The van der Waals surface area contributed by atoms with Gasteiger partial charge in [0.2, 0.25) is 0 Å². The number of nitrogens with one attached hydrogen (secondary N) is 1. The van der Waals surface area contributed by atoms with Gasteiger partial charge in [0.1, 0.15) is 5.54 Å². The highest BCUT2D eigenvalue weighted by molar-refractivity contribution is 5.85. The maximum absolute atomic E-state index is 12.1. The summed E-state index contributed by atoms with van der Waals surface area (Å²) in [6, 6.07) is -0.336. The van der Waals surface area contributed by atoms with Crippen molar-refractivity contribution in [3.05, 3.63) is 0 Å². The topological polar surface area (TPSA) is 72.9 Å². The number of carbonyl (C=O) groups excluding carboxylic acids is 1. The molecule has 0 radical (unpaired) electrons. The zero-order valence-corrected chi connectivity index (χ0v) is 13.2. The molecule has 1 rings (SSSR count). The number of likely N-dealkylation sites (tertiary alicyclic amines) is 1. The van der Waals surface area contributed by atoms with Gasteiger partial charge in [0.15, 0.2) is 0 Å². The van der Waals surface area contributed by atoms with Crippen LogP contribution in [0.5, 0.6) is 0 Å². The zero-order chi connectivity index (χ0) is 15.6. The smallest absolute Gasteiger partial charge is 0.329 e. The van der Waals surface area contributed by atoms with E-state index >= 15 is 0 Å². The molecule has 0 spiro atoms. The van der Waals surface area contributed by atoms with Gasteiger partial charge in [-0.05, 0) is 52.2 Å². The number of likely N-dealkylation sites (N-methyl/N-ethyl adjacent to an activating group) is 1. The van der Waals surface area contributed by atoms with E-state index in [4.69, 9.17) is 5.11 Å². The molecule has 6 nitrogen and oxygen atoms in total. The molecule has 0 unspecified atom stereocenters. The average molecular weight is 285 g/mol. The highest BCUT2D eigenvalue weighted by Gasteiger charge is 2.36. The number of hydrogen-bond donors (Lipinski definition) is 2. The monoisotopic (exact) mass is 285 g/mol. The van der Waals surface area contributed by atoms with Crippen molar-refractivity contribution in [2.75, 3.05) is 33.7 Å². The molecule has 0 aromatic heterocycles. The molecule has 1 saturated heterocycles. The summed E-state index contributed by atoms with van der Waals surface area (Å²) in [6.07, 6.45) is 2.08. The number of carboxylic acids is 1. The summed E-state index contributed by atoms with van der Waals surface area (Å²) in [5.74, 6) is -1.01. The maximum Gasteiger partial charge on any atom is 0.329 e. The number of amides is 2. The fourth-order valence-corrected chi connectivity index (χ4v) is 2.14. The van der Waals surface area contributed by atoms with E-state index < -0.39 is 11.5 Å². The third kappa shape index (κ3) is 3.85. The van der Waals surface area contributed by atoms with Crippen LogP contribution in [-0.4, -0.2) is 66.2 Å². The number of aliphatic carboxylic acids is 1. The number of nitrogens with zero attached hydrogens (tertiary/aromatic N) is 2. The number of rotatable bonds is 4. The minimum absolute atomic E-state index is 0.0936. The van der Waals surface area contributed by atoms with Crippen molar-refractivity contribution in [2.45, 2.75) is 39.2 Å². The molecule has 1 aliphatic heterocycles. The van der Waals surface area contributed by atoms with Gasteiger partial charge >= 0.3 is 12.0 Å². The summed E-state index contributed by atoms with van der Waals surface area (Å²) in [5.41, 5.74) is -1.12. The summed E-state index contributed by atoms with van der Waals surface area (Å²) < 4.78 is 0. The van der Waals surface area contributed by atoms with E-state index in [-0.39, 0.29) is 11.4 Å². The van der Waals surface area contributed by atoms with Crippen molar-refractivity contribution in [1.29, 1.82) is 0 Å². The Hall–Kier alpha value is -1.30. The fourth-order valence-electron chi connectivity index (χ4n) is 2.14. The molecule has 0 aromatic rings. The third-order valence-electron chi connectivity index (χ3n) is 4.53. The van der Waals surface area contributed by atoms with Gasteiger partial charge in [-0.1, -0.05) is 6.92 Å². The normalized spacial score (nSPS) is 19.4. The summed E-state index contributed by atoms with van der Waals surface area (Å²) in [6.45, 7) is 7.85. The van der Waals surface area contributed by atoms with E-state index in [1.807, 2.05) is 0 Å². The molecule has 6 heteroatoms. The molecule has 1 aliphatic rings. The van der Waals surface area contributed by atoms with E-state index in [1.165, 1.54) is 25.8 Å². The lowest BCUT2D eigenvalue weighted by Crippen LogP contribution is -2.55. The molecular formula is C14H27N3O3. The van der Waals surface area contributed by atoms with E-state index in [1.54, 1.807) is 0 Å². The first kappa shape index (κ1) is 16.8. The number of hydrogen-bond acceptors (Lipinski definition) is 3. The van der Waals surface area contributed by atoms with E-state index in [0.29, 0.717) is 6.54 Å². The Labute approximate surface area is 121 Å². The second-order valence-electron chi connectivity index (χ2n) is 6.70. The van der Waals surface area contributed by atoms with Gasteiger partial charge in [-0.25, -0.2) is 9.59 Å². The van der Waals surface area contributed by atoms with Gasteiger partial charge in [0, 0.05) is 13.6 Å². The first-order valence-corrected chi connectivity index (χ1v) is 7.02. The van der Waals surface area contributed by atoms with Crippen LogP contribution in [0.15, 0.2) is 0 Å². The summed E-state index contributed by atoms with van der Waals surface area (Å²) in [4.78, 5) is 26.8. The predicted molar refractivity (Wildman–Crippen MR) is 77.7 cm³/mol. The van der Waals surface area contributed by atoms with Gasteiger partial charge < -0.3 is 20.2 Å². The first-order valence-electron chi connectivity index (χ1n) is 7.02. The Morgan fingerprint density at radius 3 is 2.30 bits per heavy atom. The largest absolute Gasteiger partial charge is 0.480 e. The predicted octanol–water partition coefficient (Wildman–Crippen LogP) is 1.22. The molecule has 1 fully saturated rings. The van der Waals surface area contributed by atoms with Crippen LogP contribution in [-0.2, 0) is 4.79 Å². The van der Waals surface area contributed by atoms with Gasteiger partial charge in [0.05, 0.1) is 0 Å². The summed E-state index contributed by atoms with van der Waals surface area (Å²) in [7, 11) is 3.61. The van der Waals surface area contributed by atoms with Crippen LogP contribution in [0, 0.1) is 5.41 Å². The quantitative estimate of drug-likeness (QED) is 0.814. The lowest BCUT2D eigenvalue weighted by atomic mass is 9.80. The van der Waals surface area contributed by atoms with Crippen LogP contribution >= 0.6 is 0 Å². The highest BCUT2D eigenvalue weighted by atomic mass is 16.4. The number of piperidine rings is 1. The number of urea groups is 1. The first-order chi connectivity index (χ1) is 9.08. The van der Waals surface area contributed by atoms with Crippen LogP contribution in [0.4, 0.5) is 4.79 Å². The van der Waals surface area contributed by atoms with E-state index in [9.17, 15) is 9.59 Å². The lowest BCUT2D eigenvalue weighted by molar-refractivity contribution is -0.146. The Balaban J connectivity index is 2.53. The molecule has 0 atom stereocenters. The van der Waals surface area contributed by atoms with E-state index in [0.717, 1.165) is 25.9 Å². The van der Waals surface area contributed by atoms with Crippen molar-refractivity contribution in [3.8, 4) is 0 Å². The second-order valence-corrected chi connectivity index (χ2v) is 6.70. The number of carboxylic acid groups (broad SMARTS) is 1.